The van der Waals surface area contributed by atoms with Crippen LogP contribution in [0.3, 0.4) is 0 Å². The van der Waals surface area contributed by atoms with E-state index in [1.165, 1.54) is 0 Å². The van der Waals surface area contributed by atoms with Gasteiger partial charge in [-0.3, -0.25) is 4.90 Å². The highest BCUT2D eigenvalue weighted by Gasteiger charge is 2.17. The van der Waals surface area contributed by atoms with Gasteiger partial charge in [0.15, 0.2) is 0 Å². The van der Waals surface area contributed by atoms with Gasteiger partial charge in [-0.25, -0.2) is 0 Å². The van der Waals surface area contributed by atoms with Crippen molar-refractivity contribution in [2.45, 2.75) is 13.0 Å². The summed E-state index contributed by atoms with van der Waals surface area (Å²) >= 11 is 3.41. The summed E-state index contributed by atoms with van der Waals surface area (Å²) in [5.41, 5.74) is 0. The van der Waals surface area contributed by atoms with E-state index in [2.05, 4.69) is 27.8 Å². The van der Waals surface area contributed by atoms with Gasteiger partial charge in [0.05, 0.1) is 13.2 Å². The highest BCUT2D eigenvalue weighted by Crippen LogP contribution is 2.16. The second-order valence-electron chi connectivity index (χ2n) is 4.26. The number of halogens is 1. The SMILES string of the molecule is CC(COc1ccc(Br)cc1)N1CCOCC1. The topological polar surface area (TPSA) is 21.7 Å². The molecule has 1 fully saturated rings. The largest absolute Gasteiger partial charge is 0.492 e. The van der Waals surface area contributed by atoms with Crippen molar-refractivity contribution in [2.24, 2.45) is 0 Å². The number of hydrogen-bond acceptors (Lipinski definition) is 3. The lowest BCUT2D eigenvalue weighted by molar-refractivity contribution is 0.0105. The van der Waals surface area contributed by atoms with Crippen LogP contribution in [-0.4, -0.2) is 43.9 Å². The van der Waals surface area contributed by atoms with Crippen molar-refractivity contribution < 1.29 is 9.47 Å². The zero-order valence-corrected chi connectivity index (χ0v) is 11.6. The standard InChI is InChI=1S/C13H18BrNO2/c1-11(15-6-8-16-9-7-15)10-17-13-4-2-12(14)3-5-13/h2-5,11H,6-10H2,1H3. The molecule has 1 aromatic carbocycles. The van der Waals surface area contributed by atoms with Crippen molar-refractivity contribution >= 4 is 15.9 Å². The fourth-order valence-corrected chi connectivity index (χ4v) is 2.14. The maximum absolute atomic E-state index is 5.77. The Morgan fingerprint density at radius 2 is 1.94 bits per heavy atom. The van der Waals surface area contributed by atoms with Crippen molar-refractivity contribution in [2.75, 3.05) is 32.9 Å². The van der Waals surface area contributed by atoms with Gasteiger partial charge in [-0.1, -0.05) is 15.9 Å². The fourth-order valence-electron chi connectivity index (χ4n) is 1.87. The van der Waals surface area contributed by atoms with Gasteiger partial charge >= 0.3 is 0 Å². The van der Waals surface area contributed by atoms with Gasteiger partial charge in [-0.2, -0.15) is 0 Å². The van der Waals surface area contributed by atoms with Gasteiger partial charge < -0.3 is 9.47 Å². The Bertz CT molecular complexity index is 336. The van der Waals surface area contributed by atoms with Gasteiger partial charge in [0.25, 0.3) is 0 Å². The Hall–Kier alpha value is -0.580. The van der Waals surface area contributed by atoms with E-state index < -0.39 is 0 Å². The first kappa shape index (κ1) is 12.9. The van der Waals surface area contributed by atoms with Gasteiger partial charge in [0, 0.05) is 23.6 Å². The number of hydrogen-bond donors (Lipinski definition) is 0. The molecule has 1 atom stereocenters. The molecule has 0 aromatic heterocycles. The molecule has 1 aromatic rings. The van der Waals surface area contributed by atoms with Crippen molar-refractivity contribution in [1.29, 1.82) is 0 Å². The minimum Gasteiger partial charge on any atom is -0.492 e. The third-order valence-electron chi connectivity index (χ3n) is 2.97. The van der Waals surface area contributed by atoms with Crippen LogP contribution in [-0.2, 0) is 4.74 Å². The van der Waals surface area contributed by atoms with Crippen LogP contribution in [0.25, 0.3) is 0 Å². The van der Waals surface area contributed by atoms with Crippen LogP contribution in [0.5, 0.6) is 5.75 Å². The quantitative estimate of drug-likeness (QED) is 0.853. The predicted octanol–water partition coefficient (Wildman–Crippen LogP) is 2.55. The molecule has 0 N–H and O–H groups in total. The second kappa shape index (κ2) is 6.38. The van der Waals surface area contributed by atoms with E-state index in [9.17, 15) is 0 Å². The third kappa shape index (κ3) is 3.98. The summed E-state index contributed by atoms with van der Waals surface area (Å²) in [7, 11) is 0. The molecule has 0 amide bonds. The maximum atomic E-state index is 5.77. The van der Waals surface area contributed by atoms with Gasteiger partial charge in [-0.05, 0) is 31.2 Å². The molecule has 3 nitrogen and oxygen atoms in total. The summed E-state index contributed by atoms with van der Waals surface area (Å²) in [4.78, 5) is 2.41. The molecule has 4 heteroatoms. The molecular formula is C13H18BrNO2. The van der Waals surface area contributed by atoms with Crippen molar-refractivity contribution in [1.82, 2.24) is 4.90 Å². The summed E-state index contributed by atoms with van der Waals surface area (Å²) in [5.74, 6) is 0.924. The van der Waals surface area contributed by atoms with Crippen LogP contribution in [0.4, 0.5) is 0 Å². The van der Waals surface area contributed by atoms with E-state index in [-0.39, 0.29) is 0 Å². The molecule has 1 saturated heterocycles. The van der Waals surface area contributed by atoms with Gasteiger partial charge in [0.2, 0.25) is 0 Å². The molecule has 0 radical (unpaired) electrons. The fraction of sp³-hybridized carbons (Fsp3) is 0.538. The number of nitrogens with zero attached hydrogens (tertiary/aromatic N) is 1. The first-order chi connectivity index (χ1) is 8.25. The molecule has 0 aliphatic carbocycles. The molecule has 94 valence electrons. The van der Waals surface area contributed by atoms with Crippen LogP contribution >= 0.6 is 15.9 Å². The van der Waals surface area contributed by atoms with E-state index >= 15 is 0 Å². The molecule has 0 saturated carbocycles. The Morgan fingerprint density at radius 1 is 1.29 bits per heavy atom. The monoisotopic (exact) mass is 299 g/mol. The Morgan fingerprint density at radius 3 is 2.59 bits per heavy atom. The van der Waals surface area contributed by atoms with E-state index in [0.717, 1.165) is 43.1 Å². The third-order valence-corrected chi connectivity index (χ3v) is 3.50. The summed E-state index contributed by atoms with van der Waals surface area (Å²) in [6.07, 6.45) is 0. The zero-order chi connectivity index (χ0) is 12.1. The molecule has 1 heterocycles. The summed E-state index contributed by atoms with van der Waals surface area (Å²) in [6.45, 7) is 6.60. The Labute approximate surface area is 111 Å². The molecule has 0 spiro atoms. The molecule has 2 rings (SSSR count). The minimum atomic E-state index is 0.433. The molecule has 1 aliphatic heterocycles. The van der Waals surface area contributed by atoms with Crippen molar-refractivity contribution in [3.05, 3.63) is 28.7 Å². The van der Waals surface area contributed by atoms with E-state index in [1.807, 2.05) is 24.3 Å². The van der Waals surface area contributed by atoms with Crippen LogP contribution in [0.15, 0.2) is 28.7 Å². The van der Waals surface area contributed by atoms with E-state index in [0.29, 0.717) is 6.04 Å². The highest BCUT2D eigenvalue weighted by atomic mass is 79.9. The summed E-state index contributed by atoms with van der Waals surface area (Å²) < 4.78 is 12.2. The Balaban J connectivity index is 1.78. The lowest BCUT2D eigenvalue weighted by Gasteiger charge is -2.32. The number of ether oxygens (including phenoxy) is 2. The van der Waals surface area contributed by atoms with Crippen LogP contribution < -0.4 is 4.74 Å². The minimum absolute atomic E-state index is 0.433. The van der Waals surface area contributed by atoms with Crippen LogP contribution in [0.1, 0.15) is 6.92 Å². The van der Waals surface area contributed by atoms with Crippen LogP contribution in [0.2, 0.25) is 0 Å². The van der Waals surface area contributed by atoms with E-state index in [4.69, 9.17) is 9.47 Å². The predicted molar refractivity (Wildman–Crippen MR) is 71.5 cm³/mol. The van der Waals surface area contributed by atoms with Crippen LogP contribution in [0, 0.1) is 0 Å². The first-order valence-corrected chi connectivity index (χ1v) is 6.75. The number of benzene rings is 1. The molecule has 1 aliphatic rings. The lowest BCUT2D eigenvalue weighted by Crippen LogP contribution is -2.44. The van der Waals surface area contributed by atoms with Crippen molar-refractivity contribution in [3.8, 4) is 5.75 Å². The smallest absolute Gasteiger partial charge is 0.119 e. The lowest BCUT2D eigenvalue weighted by atomic mass is 10.2. The maximum Gasteiger partial charge on any atom is 0.119 e. The normalized spacial score (nSPS) is 18.9. The van der Waals surface area contributed by atoms with Crippen molar-refractivity contribution in [3.63, 3.8) is 0 Å². The second-order valence-corrected chi connectivity index (χ2v) is 5.18. The summed E-state index contributed by atoms with van der Waals surface area (Å²) in [5, 5.41) is 0. The molecule has 1 unspecified atom stereocenters. The zero-order valence-electron chi connectivity index (χ0n) is 10.1. The highest BCUT2D eigenvalue weighted by molar-refractivity contribution is 9.10. The molecule has 0 bridgehead atoms. The first-order valence-electron chi connectivity index (χ1n) is 5.96. The van der Waals surface area contributed by atoms with E-state index in [1.54, 1.807) is 0 Å². The van der Waals surface area contributed by atoms with Gasteiger partial charge in [0.1, 0.15) is 12.4 Å². The Kier molecular flexibility index (Phi) is 4.83. The average Bonchev–Trinajstić information content (AvgIpc) is 2.39. The molecular weight excluding hydrogens is 282 g/mol. The summed E-state index contributed by atoms with van der Waals surface area (Å²) in [6, 6.07) is 8.39. The molecule has 17 heavy (non-hydrogen) atoms. The number of morpholine rings is 1. The average molecular weight is 300 g/mol. The number of rotatable bonds is 4. The van der Waals surface area contributed by atoms with Gasteiger partial charge in [-0.15, -0.1) is 0 Å².